The summed E-state index contributed by atoms with van der Waals surface area (Å²) in [6, 6.07) is 1.87. The van der Waals surface area contributed by atoms with Gasteiger partial charge in [-0.25, -0.2) is 9.97 Å². The molecule has 0 unspecified atom stereocenters. The third kappa shape index (κ3) is 2.73. The molecule has 3 heteroatoms. The van der Waals surface area contributed by atoms with Gasteiger partial charge in [-0.1, -0.05) is 38.3 Å². The minimum absolute atomic E-state index is 0.528. The van der Waals surface area contributed by atoms with Crippen LogP contribution in [0.1, 0.15) is 57.0 Å². The van der Waals surface area contributed by atoms with E-state index in [-0.39, 0.29) is 0 Å². The molecule has 1 fully saturated rings. The summed E-state index contributed by atoms with van der Waals surface area (Å²) in [6.07, 6.45) is 5.94. The highest BCUT2D eigenvalue weighted by Gasteiger charge is 2.22. The number of hydrogen-bond donors (Lipinski definition) is 0. The fraction of sp³-hybridized carbons (Fsp3) is 0.692. The lowest BCUT2D eigenvalue weighted by Crippen LogP contribution is -2.14. The number of halogens is 1. The first-order chi connectivity index (χ1) is 7.69. The fourth-order valence-electron chi connectivity index (χ4n) is 2.37. The first kappa shape index (κ1) is 11.8. The average molecular weight is 239 g/mol. The van der Waals surface area contributed by atoms with Crippen LogP contribution in [0.4, 0.5) is 0 Å². The van der Waals surface area contributed by atoms with E-state index >= 15 is 0 Å². The molecule has 1 saturated carbocycles. The minimum Gasteiger partial charge on any atom is -0.238 e. The molecule has 16 heavy (non-hydrogen) atoms. The molecule has 0 bridgehead atoms. The summed E-state index contributed by atoms with van der Waals surface area (Å²) in [5, 5.41) is 0.598. The highest BCUT2D eigenvalue weighted by Crippen LogP contribution is 2.34. The van der Waals surface area contributed by atoms with Crippen molar-refractivity contribution in [3.05, 3.63) is 22.7 Å². The van der Waals surface area contributed by atoms with Gasteiger partial charge in [0.15, 0.2) is 0 Å². The zero-order valence-corrected chi connectivity index (χ0v) is 10.8. The van der Waals surface area contributed by atoms with E-state index < -0.39 is 0 Å². The maximum absolute atomic E-state index is 6.03. The van der Waals surface area contributed by atoms with Gasteiger partial charge in [-0.2, -0.15) is 0 Å². The van der Waals surface area contributed by atoms with E-state index in [1.165, 1.54) is 25.7 Å². The van der Waals surface area contributed by atoms with E-state index in [1.54, 1.807) is 0 Å². The number of nitrogens with zero attached hydrogens (tertiary/aromatic N) is 2. The number of hydrogen-bond acceptors (Lipinski definition) is 2. The van der Waals surface area contributed by atoms with Gasteiger partial charge in [-0.3, -0.25) is 0 Å². The predicted octanol–water partition coefficient (Wildman–Crippen LogP) is 3.99. The van der Waals surface area contributed by atoms with Crippen LogP contribution in [0.15, 0.2) is 6.07 Å². The predicted molar refractivity (Wildman–Crippen MR) is 66.8 cm³/mol. The van der Waals surface area contributed by atoms with E-state index in [0.29, 0.717) is 11.1 Å². The lowest BCUT2D eigenvalue weighted by atomic mass is 9.82. The molecule has 0 amide bonds. The van der Waals surface area contributed by atoms with E-state index in [2.05, 4.69) is 23.8 Å². The Hall–Kier alpha value is -0.630. The van der Waals surface area contributed by atoms with Crippen LogP contribution in [0.25, 0.3) is 0 Å². The second kappa shape index (κ2) is 5.13. The van der Waals surface area contributed by atoms with Crippen molar-refractivity contribution in [3.8, 4) is 0 Å². The van der Waals surface area contributed by atoms with Gasteiger partial charge in [-0.15, -0.1) is 0 Å². The smallest absolute Gasteiger partial charge is 0.133 e. The Labute approximate surface area is 102 Å². The summed E-state index contributed by atoms with van der Waals surface area (Å²) in [5.74, 6) is 2.36. The second-order valence-electron chi connectivity index (χ2n) is 4.85. The van der Waals surface area contributed by atoms with Crippen LogP contribution < -0.4 is 0 Å². The molecule has 0 aliphatic heterocycles. The summed E-state index contributed by atoms with van der Waals surface area (Å²) in [7, 11) is 0. The zero-order valence-electron chi connectivity index (χ0n) is 10.0. The standard InChI is InChI=1S/C13H19ClN2/c1-3-11-8-12(14)16-13(15-11)10-6-4-9(2)5-7-10/h8-10H,3-7H2,1-2H3. The molecule has 1 aliphatic rings. The summed E-state index contributed by atoms with van der Waals surface area (Å²) in [5.41, 5.74) is 1.06. The third-order valence-electron chi connectivity index (χ3n) is 3.51. The molecular formula is C13H19ClN2. The maximum Gasteiger partial charge on any atom is 0.133 e. The highest BCUT2D eigenvalue weighted by molar-refractivity contribution is 6.29. The van der Waals surface area contributed by atoms with Crippen LogP contribution in [-0.4, -0.2) is 9.97 Å². The fourth-order valence-corrected chi connectivity index (χ4v) is 2.58. The molecule has 1 aromatic rings. The Balaban J connectivity index is 2.16. The highest BCUT2D eigenvalue weighted by atomic mass is 35.5. The molecule has 0 radical (unpaired) electrons. The van der Waals surface area contributed by atoms with Gasteiger partial charge in [0.1, 0.15) is 11.0 Å². The number of aryl methyl sites for hydroxylation is 1. The summed E-state index contributed by atoms with van der Waals surface area (Å²) in [4.78, 5) is 8.99. The molecule has 1 aromatic heterocycles. The molecule has 2 nitrogen and oxygen atoms in total. The normalized spacial score (nSPS) is 25.7. The van der Waals surface area contributed by atoms with Crippen molar-refractivity contribution in [2.75, 3.05) is 0 Å². The third-order valence-corrected chi connectivity index (χ3v) is 3.70. The van der Waals surface area contributed by atoms with Gasteiger partial charge in [0.05, 0.1) is 0 Å². The van der Waals surface area contributed by atoms with E-state index in [0.717, 1.165) is 23.9 Å². The van der Waals surface area contributed by atoms with Crippen molar-refractivity contribution in [3.63, 3.8) is 0 Å². The molecule has 2 rings (SSSR count). The number of rotatable bonds is 2. The molecule has 0 aromatic carbocycles. The Bertz CT molecular complexity index is 357. The van der Waals surface area contributed by atoms with Crippen LogP contribution in [-0.2, 0) is 6.42 Å². The lowest BCUT2D eigenvalue weighted by molar-refractivity contribution is 0.339. The molecule has 88 valence electrons. The molecule has 1 heterocycles. The van der Waals surface area contributed by atoms with Gasteiger partial charge in [0.2, 0.25) is 0 Å². The molecule has 0 atom stereocenters. The Morgan fingerprint density at radius 3 is 2.56 bits per heavy atom. The van der Waals surface area contributed by atoms with Crippen molar-refractivity contribution >= 4 is 11.6 Å². The summed E-state index contributed by atoms with van der Waals surface area (Å²) < 4.78 is 0. The lowest BCUT2D eigenvalue weighted by Gasteiger charge is -2.25. The molecular weight excluding hydrogens is 220 g/mol. The Morgan fingerprint density at radius 1 is 1.25 bits per heavy atom. The van der Waals surface area contributed by atoms with Gasteiger partial charge in [0, 0.05) is 11.6 Å². The molecule has 0 N–H and O–H groups in total. The molecule has 1 aliphatic carbocycles. The second-order valence-corrected chi connectivity index (χ2v) is 5.24. The van der Waals surface area contributed by atoms with Crippen LogP contribution in [0, 0.1) is 5.92 Å². The van der Waals surface area contributed by atoms with Gasteiger partial charge >= 0.3 is 0 Å². The SMILES string of the molecule is CCc1cc(Cl)nc(C2CCC(C)CC2)n1. The van der Waals surface area contributed by atoms with Gasteiger partial charge in [-0.05, 0) is 31.2 Å². The van der Waals surface area contributed by atoms with Gasteiger partial charge < -0.3 is 0 Å². The van der Waals surface area contributed by atoms with Crippen molar-refractivity contribution in [1.82, 2.24) is 9.97 Å². The van der Waals surface area contributed by atoms with Crippen LogP contribution in [0.5, 0.6) is 0 Å². The first-order valence-electron chi connectivity index (χ1n) is 6.22. The van der Waals surface area contributed by atoms with Crippen molar-refractivity contribution in [1.29, 1.82) is 0 Å². The summed E-state index contributed by atoms with van der Waals surface area (Å²) in [6.45, 7) is 4.43. The number of aromatic nitrogens is 2. The average Bonchev–Trinajstić information content (AvgIpc) is 2.29. The van der Waals surface area contributed by atoms with Crippen molar-refractivity contribution < 1.29 is 0 Å². The van der Waals surface area contributed by atoms with E-state index in [4.69, 9.17) is 11.6 Å². The monoisotopic (exact) mass is 238 g/mol. The van der Waals surface area contributed by atoms with Crippen LogP contribution in [0.3, 0.4) is 0 Å². The Kier molecular flexibility index (Phi) is 3.80. The summed E-state index contributed by atoms with van der Waals surface area (Å²) >= 11 is 6.03. The topological polar surface area (TPSA) is 25.8 Å². The first-order valence-corrected chi connectivity index (χ1v) is 6.60. The minimum atomic E-state index is 0.528. The Morgan fingerprint density at radius 2 is 1.94 bits per heavy atom. The van der Waals surface area contributed by atoms with Crippen molar-refractivity contribution in [2.24, 2.45) is 5.92 Å². The maximum atomic E-state index is 6.03. The van der Waals surface area contributed by atoms with E-state index in [1.807, 2.05) is 6.07 Å². The van der Waals surface area contributed by atoms with Crippen LogP contribution in [0.2, 0.25) is 5.15 Å². The van der Waals surface area contributed by atoms with Gasteiger partial charge in [0.25, 0.3) is 0 Å². The largest absolute Gasteiger partial charge is 0.238 e. The molecule has 0 spiro atoms. The van der Waals surface area contributed by atoms with E-state index in [9.17, 15) is 0 Å². The van der Waals surface area contributed by atoms with Crippen LogP contribution >= 0.6 is 11.6 Å². The molecule has 0 saturated heterocycles. The quantitative estimate of drug-likeness (QED) is 0.729. The zero-order chi connectivity index (χ0) is 11.5. The van der Waals surface area contributed by atoms with Crippen molar-refractivity contribution in [2.45, 2.75) is 51.9 Å².